The molecule has 0 unspecified atom stereocenters. The van der Waals surface area contributed by atoms with Crippen LogP contribution < -0.4 is 0 Å². The van der Waals surface area contributed by atoms with Gasteiger partial charge in [-0.15, -0.1) is 0 Å². The van der Waals surface area contributed by atoms with Crippen molar-refractivity contribution in [1.29, 1.82) is 0 Å². The molecule has 3 nitrogen and oxygen atoms in total. The van der Waals surface area contributed by atoms with Crippen LogP contribution in [0.3, 0.4) is 0 Å². The smallest absolute Gasteiger partial charge is 0.152 e. The number of hydrogen-bond acceptors (Lipinski definition) is 4. The Morgan fingerprint density at radius 1 is 1.00 bits per heavy atom. The van der Waals surface area contributed by atoms with Crippen LogP contribution in [0.5, 0.6) is 0 Å². The predicted molar refractivity (Wildman–Crippen MR) is 104 cm³/mol. The fourth-order valence-electron chi connectivity index (χ4n) is 2.30. The van der Waals surface area contributed by atoms with Gasteiger partial charge >= 0.3 is 0 Å². The van der Waals surface area contributed by atoms with Gasteiger partial charge in [-0.25, -0.2) is 8.42 Å². The highest BCUT2D eigenvalue weighted by Crippen LogP contribution is 2.14. The zero-order valence-corrected chi connectivity index (χ0v) is 16.5. The van der Waals surface area contributed by atoms with E-state index in [2.05, 4.69) is 12.1 Å². The molecule has 0 aliphatic carbocycles. The van der Waals surface area contributed by atoms with E-state index < -0.39 is 9.84 Å². The molecule has 0 aromatic heterocycles. The Bertz CT molecular complexity index is 566. The van der Waals surface area contributed by atoms with Crippen LogP contribution in [0.4, 0.5) is 0 Å². The van der Waals surface area contributed by atoms with E-state index in [0.717, 1.165) is 30.8 Å². The molecule has 0 radical (unpaired) electrons. The van der Waals surface area contributed by atoms with E-state index in [1.54, 1.807) is 13.8 Å². The number of thioether (sulfide) groups is 1. The minimum atomic E-state index is -2.93. The van der Waals surface area contributed by atoms with Gasteiger partial charge in [-0.3, -0.25) is 4.79 Å². The first-order chi connectivity index (χ1) is 11.4. The van der Waals surface area contributed by atoms with Gasteiger partial charge in [0.05, 0.1) is 11.0 Å². The highest BCUT2D eigenvalue weighted by molar-refractivity contribution is 7.98. The van der Waals surface area contributed by atoms with Gasteiger partial charge in [0.2, 0.25) is 0 Å². The van der Waals surface area contributed by atoms with E-state index in [1.807, 2.05) is 30.0 Å². The Kier molecular flexibility index (Phi) is 10.3. The molecule has 24 heavy (non-hydrogen) atoms. The van der Waals surface area contributed by atoms with Gasteiger partial charge in [-0.1, -0.05) is 36.8 Å². The lowest BCUT2D eigenvalue weighted by Gasteiger charge is -2.07. The Morgan fingerprint density at radius 3 is 2.33 bits per heavy atom. The van der Waals surface area contributed by atoms with Gasteiger partial charge < -0.3 is 0 Å². The van der Waals surface area contributed by atoms with Crippen molar-refractivity contribution in [2.75, 3.05) is 11.5 Å². The highest BCUT2D eigenvalue weighted by atomic mass is 32.2. The molecule has 1 aromatic rings. The maximum Gasteiger partial charge on any atom is 0.152 e. The number of ketones is 1. The van der Waals surface area contributed by atoms with Crippen molar-refractivity contribution in [2.24, 2.45) is 0 Å². The van der Waals surface area contributed by atoms with E-state index in [-0.39, 0.29) is 11.0 Å². The van der Waals surface area contributed by atoms with Crippen LogP contribution in [0.1, 0.15) is 57.9 Å². The number of Topliss-reactive ketones (excluding diaryl/α,β-unsaturated/α-hetero) is 1. The summed E-state index contributed by atoms with van der Waals surface area (Å²) in [6.45, 7) is 3.43. The summed E-state index contributed by atoms with van der Waals surface area (Å²) in [6.07, 6.45) is 4.46. The molecule has 0 spiro atoms. The van der Waals surface area contributed by atoms with E-state index in [1.165, 1.54) is 5.56 Å². The number of carbonyl (C=O) groups excluding carboxylic acids is 1. The van der Waals surface area contributed by atoms with Gasteiger partial charge in [0.15, 0.2) is 9.84 Å². The van der Waals surface area contributed by atoms with Gasteiger partial charge in [0.1, 0.15) is 5.78 Å². The summed E-state index contributed by atoms with van der Waals surface area (Å²) in [5.41, 5.74) is 1.32. The maximum atomic E-state index is 11.8. The van der Waals surface area contributed by atoms with Crippen LogP contribution in [0.15, 0.2) is 30.3 Å². The van der Waals surface area contributed by atoms with Crippen LogP contribution in [0.2, 0.25) is 0 Å². The van der Waals surface area contributed by atoms with Crippen molar-refractivity contribution in [2.45, 2.75) is 63.4 Å². The molecule has 0 saturated heterocycles. The lowest BCUT2D eigenvalue weighted by Crippen LogP contribution is -2.17. The number of benzene rings is 1. The van der Waals surface area contributed by atoms with E-state index >= 15 is 0 Å². The zero-order chi connectivity index (χ0) is 17.8. The molecule has 0 saturated carbocycles. The molecular formula is C19H30O3S2. The molecule has 5 heteroatoms. The van der Waals surface area contributed by atoms with Gasteiger partial charge in [-0.05, 0) is 44.4 Å². The van der Waals surface area contributed by atoms with E-state index in [9.17, 15) is 13.2 Å². The van der Waals surface area contributed by atoms with Crippen molar-refractivity contribution in [3.63, 3.8) is 0 Å². The first-order valence-electron chi connectivity index (χ1n) is 8.77. The van der Waals surface area contributed by atoms with Crippen molar-refractivity contribution in [1.82, 2.24) is 0 Å². The minimum absolute atomic E-state index is 0.245. The number of carbonyl (C=O) groups is 1. The number of unbranched alkanes of at least 4 members (excludes halogenated alkanes) is 2. The lowest BCUT2D eigenvalue weighted by molar-refractivity contribution is -0.119. The monoisotopic (exact) mass is 370 g/mol. The molecule has 0 atom stereocenters. The standard InChI is InChI=1S/C19H30O3S2/c1-17(2)24(21,22)15-8-4-7-12-19(20)13-9-14-23-16-18-10-5-3-6-11-18/h3,5-6,10-11,17H,4,7-9,12-16H2,1-2H3. The number of hydrogen-bond donors (Lipinski definition) is 0. The van der Waals surface area contributed by atoms with E-state index in [0.29, 0.717) is 25.0 Å². The fraction of sp³-hybridized carbons (Fsp3) is 0.632. The quantitative estimate of drug-likeness (QED) is 0.474. The van der Waals surface area contributed by atoms with Crippen LogP contribution >= 0.6 is 11.8 Å². The molecular weight excluding hydrogens is 340 g/mol. The summed E-state index contributed by atoms with van der Waals surface area (Å²) in [4.78, 5) is 11.8. The zero-order valence-electron chi connectivity index (χ0n) is 14.9. The summed E-state index contributed by atoms with van der Waals surface area (Å²) < 4.78 is 23.3. The molecule has 0 aliphatic rings. The SMILES string of the molecule is CC(C)S(=O)(=O)CCCCCC(=O)CCCSCc1ccccc1. The van der Waals surface area contributed by atoms with Crippen molar-refractivity contribution < 1.29 is 13.2 Å². The fourth-order valence-corrected chi connectivity index (χ4v) is 4.30. The summed E-state index contributed by atoms with van der Waals surface area (Å²) in [7, 11) is -2.93. The Balaban J connectivity index is 1.99. The Labute approximate surface area is 151 Å². The third-order valence-electron chi connectivity index (χ3n) is 3.96. The minimum Gasteiger partial charge on any atom is -0.300 e. The van der Waals surface area contributed by atoms with Crippen molar-refractivity contribution in [3.8, 4) is 0 Å². The third kappa shape index (κ3) is 9.48. The average molecular weight is 371 g/mol. The lowest BCUT2D eigenvalue weighted by atomic mass is 10.1. The number of sulfone groups is 1. The van der Waals surface area contributed by atoms with E-state index in [4.69, 9.17) is 0 Å². The average Bonchev–Trinajstić information content (AvgIpc) is 2.55. The highest BCUT2D eigenvalue weighted by Gasteiger charge is 2.15. The summed E-state index contributed by atoms with van der Waals surface area (Å²) >= 11 is 1.87. The molecule has 1 rings (SSSR count). The first-order valence-corrected chi connectivity index (χ1v) is 11.6. The molecule has 0 fully saturated rings. The largest absolute Gasteiger partial charge is 0.300 e. The van der Waals surface area contributed by atoms with Crippen LogP contribution in [0, 0.1) is 0 Å². The maximum absolute atomic E-state index is 11.8. The van der Waals surface area contributed by atoms with Gasteiger partial charge in [0, 0.05) is 18.6 Å². The predicted octanol–water partition coefficient (Wildman–Crippen LogP) is 4.65. The van der Waals surface area contributed by atoms with Crippen LogP contribution in [-0.2, 0) is 20.4 Å². The molecule has 136 valence electrons. The number of rotatable bonds is 13. The van der Waals surface area contributed by atoms with Gasteiger partial charge in [-0.2, -0.15) is 11.8 Å². The Morgan fingerprint density at radius 2 is 1.67 bits per heavy atom. The first kappa shape index (κ1) is 21.2. The Hall–Kier alpha value is -0.810. The second-order valence-corrected chi connectivity index (χ2v) is 10.2. The summed E-state index contributed by atoms with van der Waals surface area (Å²) in [5, 5.41) is -0.299. The molecule has 0 N–H and O–H groups in total. The molecule has 0 aliphatic heterocycles. The second-order valence-electron chi connectivity index (χ2n) is 6.41. The normalized spacial score (nSPS) is 11.8. The van der Waals surface area contributed by atoms with Crippen molar-refractivity contribution >= 4 is 27.4 Å². The summed E-state index contributed by atoms with van der Waals surface area (Å²) in [5.74, 6) is 2.56. The van der Waals surface area contributed by atoms with Crippen LogP contribution in [0.25, 0.3) is 0 Å². The molecule has 0 bridgehead atoms. The second kappa shape index (κ2) is 11.7. The summed E-state index contributed by atoms with van der Waals surface area (Å²) in [6, 6.07) is 10.4. The topological polar surface area (TPSA) is 51.2 Å². The molecule has 1 aromatic carbocycles. The van der Waals surface area contributed by atoms with Crippen LogP contribution in [-0.4, -0.2) is 31.0 Å². The molecule has 0 heterocycles. The van der Waals surface area contributed by atoms with Crippen molar-refractivity contribution in [3.05, 3.63) is 35.9 Å². The van der Waals surface area contributed by atoms with Gasteiger partial charge in [0.25, 0.3) is 0 Å². The third-order valence-corrected chi connectivity index (χ3v) is 7.37. The molecule has 0 amide bonds.